The Kier molecular flexibility index (Phi) is 11.1. The highest BCUT2D eigenvalue weighted by Crippen LogP contribution is 2.63. The van der Waals surface area contributed by atoms with Crippen molar-refractivity contribution in [3.63, 3.8) is 0 Å². The molecule has 5 rings (SSSR count). The number of hydrogen-bond donors (Lipinski definition) is 3. The largest absolute Gasteiger partial charge is 0.509 e. The molecule has 3 unspecified atom stereocenters. The van der Waals surface area contributed by atoms with Gasteiger partial charge in [0.1, 0.15) is 42.5 Å². The lowest BCUT2D eigenvalue weighted by Gasteiger charge is -2.31. The predicted octanol–water partition coefficient (Wildman–Crippen LogP) is 0.866. The number of amides is 1. The Morgan fingerprint density at radius 1 is 1.21 bits per heavy atom. The maximum Gasteiger partial charge on any atom is 0.509 e. The molecular weight excluding hydrogens is 667 g/mol. The Labute approximate surface area is 271 Å². The molecule has 258 valence electrons. The number of carbonyl (C=O) groups is 3. The van der Waals surface area contributed by atoms with Gasteiger partial charge < -0.3 is 39.6 Å². The minimum absolute atomic E-state index is 0.0994. The van der Waals surface area contributed by atoms with Crippen LogP contribution in [0.5, 0.6) is 0 Å². The summed E-state index contributed by atoms with van der Waals surface area (Å²) >= 11 is 0.488. The highest BCUT2D eigenvalue weighted by atomic mass is 32.7. The summed E-state index contributed by atoms with van der Waals surface area (Å²) in [7, 11) is 1.30. The third-order valence-corrected chi connectivity index (χ3v) is 10.7. The second-order valence-corrected chi connectivity index (χ2v) is 14.8. The lowest BCUT2D eigenvalue weighted by atomic mass is 10.1. The summed E-state index contributed by atoms with van der Waals surface area (Å²) in [5.74, 6) is -1.33. The first-order valence-electron chi connectivity index (χ1n) is 14.4. The molecule has 3 aliphatic rings. The second-order valence-electron chi connectivity index (χ2n) is 10.8. The molecule has 2 aromatic heterocycles. The van der Waals surface area contributed by atoms with Crippen LogP contribution < -0.4 is 5.73 Å². The number of ketones is 1. The van der Waals surface area contributed by atoms with E-state index in [1.54, 1.807) is 18.4 Å². The fourth-order valence-electron chi connectivity index (χ4n) is 5.12. The summed E-state index contributed by atoms with van der Waals surface area (Å²) in [6.45, 7) is -2.21. The van der Waals surface area contributed by atoms with Crippen LogP contribution in [0.4, 0.5) is 10.6 Å². The van der Waals surface area contributed by atoms with E-state index in [-0.39, 0.29) is 12.2 Å². The minimum Gasteiger partial charge on any atom is -0.432 e. The van der Waals surface area contributed by atoms with Crippen LogP contribution in [0.2, 0.25) is 0 Å². The van der Waals surface area contributed by atoms with Crippen LogP contribution in [-0.4, -0.2) is 122 Å². The van der Waals surface area contributed by atoms with Crippen LogP contribution in [-0.2, 0) is 46.9 Å². The smallest absolute Gasteiger partial charge is 0.432 e. The fourth-order valence-corrected chi connectivity index (χ4v) is 7.91. The number of aromatic nitrogens is 4. The number of carbonyl (C=O) groups excluding carboxylic acids is 3. The van der Waals surface area contributed by atoms with Crippen LogP contribution in [0.3, 0.4) is 0 Å². The van der Waals surface area contributed by atoms with Crippen LogP contribution in [0.15, 0.2) is 24.9 Å². The molecule has 0 aliphatic carbocycles. The Morgan fingerprint density at radius 3 is 2.70 bits per heavy atom. The molecule has 8 atom stereocenters. The lowest BCUT2D eigenvalue weighted by molar-refractivity contribution is -0.149. The summed E-state index contributed by atoms with van der Waals surface area (Å²) in [5.41, 5.74) is 6.61. The number of hydrogen-bond acceptors (Lipinski definition) is 18. The van der Waals surface area contributed by atoms with Crippen molar-refractivity contribution in [2.24, 2.45) is 0 Å². The van der Waals surface area contributed by atoms with Crippen molar-refractivity contribution in [3.8, 4) is 0 Å². The Bertz CT molecular complexity index is 1540. The zero-order valence-corrected chi connectivity index (χ0v) is 27.2. The highest BCUT2D eigenvalue weighted by molar-refractivity contribution is 8.55. The van der Waals surface area contributed by atoms with Gasteiger partial charge in [-0.05, 0) is 19.9 Å². The third kappa shape index (κ3) is 7.93. The number of allylic oxidation sites excluding steroid dienone is 1. The average molecular weight is 703 g/mol. The van der Waals surface area contributed by atoms with E-state index < -0.39 is 99.3 Å². The maximum atomic E-state index is 14.2. The molecule has 4 N–H and O–H groups in total. The van der Waals surface area contributed by atoms with Gasteiger partial charge in [-0.25, -0.2) is 24.3 Å². The summed E-state index contributed by atoms with van der Waals surface area (Å²) in [5, 5.41) is 20.9. The highest BCUT2D eigenvalue weighted by Gasteiger charge is 2.52. The molecule has 5 heterocycles. The normalized spacial score (nSPS) is 29.1. The van der Waals surface area contributed by atoms with Gasteiger partial charge >= 0.3 is 13.0 Å². The Hall–Kier alpha value is -3.20. The van der Waals surface area contributed by atoms with E-state index in [1.165, 1.54) is 32.0 Å². The van der Waals surface area contributed by atoms with E-state index >= 15 is 0 Å². The fraction of sp³-hybridized carbons (Fsp3) is 0.615. The molecule has 2 fully saturated rings. The molecule has 0 saturated carbocycles. The van der Waals surface area contributed by atoms with Gasteiger partial charge in [-0.15, -0.1) is 0 Å². The van der Waals surface area contributed by atoms with Gasteiger partial charge in [0.05, 0.1) is 38.2 Å². The number of aliphatic hydroxyl groups excluding tert-OH is 2. The molecule has 0 aromatic carbocycles. The summed E-state index contributed by atoms with van der Waals surface area (Å²) in [6.07, 6.45) is -4.16. The quantitative estimate of drug-likeness (QED) is 0.113. The monoisotopic (exact) mass is 702 g/mol. The van der Waals surface area contributed by atoms with Crippen LogP contribution >= 0.6 is 18.2 Å². The van der Waals surface area contributed by atoms with Crippen LogP contribution in [0, 0.1) is 0 Å². The second kappa shape index (κ2) is 14.9. The molecular formula is C26H35N6O13PS. The summed E-state index contributed by atoms with van der Waals surface area (Å²) in [4.78, 5) is 49.8. The number of methoxy groups -OCH3 is 1. The number of imidazole rings is 1. The van der Waals surface area contributed by atoms with Gasteiger partial charge in [0, 0.05) is 31.1 Å². The van der Waals surface area contributed by atoms with Gasteiger partial charge in [0.25, 0.3) is 0 Å². The molecule has 21 heteroatoms. The van der Waals surface area contributed by atoms with E-state index in [0.717, 1.165) is 4.90 Å². The van der Waals surface area contributed by atoms with Crippen molar-refractivity contribution in [2.75, 3.05) is 32.0 Å². The third-order valence-electron chi connectivity index (χ3n) is 7.31. The van der Waals surface area contributed by atoms with Gasteiger partial charge in [-0.1, -0.05) is 0 Å². The topological polar surface area (TPSA) is 246 Å². The van der Waals surface area contributed by atoms with E-state index in [4.69, 9.17) is 38.5 Å². The first kappa shape index (κ1) is 35.1. The standard InChI is InChI=1S/C26H35N6O13PS/c1-13(2)42-26(37)40-12-47-46(38,45-21-16(8-33)44-25(22(21)39-3)31-5-4-14(34)6-18(31)36)41-9-17-15(35)7-19(43-17)32-11-30-20-23(27)28-10-29-24(20)32/h4-5,10-11,13,15-17,19,21-22,25,33,35H,6-9,12H2,1-3H3,(H2,27,28,29)/t15?,16-,17-,19-,21?,22+,25?,46+/m1/s1. The van der Waals surface area contributed by atoms with Crippen molar-refractivity contribution in [1.29, 1.82) is 0 Å². The van der Waals surface area contributed by atoms with Gasteiger partial charge in [0.15, 0.2) is 29.4 Å². The van der Waals surface area contributed by atoms with E-state index in [1.807, 2.05) is 0 Å². The molecule has 0 radical (unpaired) electrons. The molecule has 47 heavy (non-hydrogen) atoms. The average Bonchev–Trinajstić information content (AvgIpc) is 3.71. The van der Waals surface area contributed by atoms with Crippen molar-refractivity contribution in [3.05, 3.63) is 24.9 Å². The van der Waals surface area contributed by atoms with Gasteiger partial charge in [0.2, 0.25) is 5.91 Å². The Balaban J connectivity index is 1.32. The molecule has 0 spiro atoms. The zero-order valence-electron chi connectivity index (χ0n) is 25.5. The van der Waals surface area contributed by atoms with Gasteiger partial charge in [-0.2, -0.15) is 0 Å². The minimum atomic E-state index is -4.37. The van der Waals surface area contributed by atoms with E-state index in [9.17, 15) is 29.2 Å². The number of nitrogen functional groups attached to an aromatic ring is 1. The molecule has 1 amide bonds. The number of nitrogens with two attached hydrogens (primary N) is 1. The van der Waals surface area contributed by atoms with E-state index in [0.29, 0.717) is 22.5 Å². The van der Waals surface area contributed by atoms with Crippen molar-refractivity contribution in [2.45, 2.75) is 75.8 Å². The van der Waals surface area contributed by atoms with Gasteiger partial charge in [-0.3, -0.25) is 28.1 Å². The number of anilines is 1. The van der Waals surface area contributed by atoms with Crippen molar-refractivity contribution in [1.82, 2.24) is 24.4 Å². The number of aliphatic hydroxyl groups is 2. The summed E-state index contributed by atoms with van der Waals surface area (Å²) < 4.78 is 54.9. The molecule has 3 aliphatic heterocycles. The zero-order chi connectivity index (χ0) is 33.9. The molecule has 2 aromatic rings. The molecule has 2 saturated heterocycles. The SMILES string of the molecule is CO[C@H]1C(O[P@](=O)(OC[C@H]2O[C@@H](n3cnc4c(N)ncnc43)CC2O)SCOC(=O)OC(C)C)[C@@H](CO)OC1N1C=CC(=O)CC1=O. The summed E-state index contributed by atoms with van der Waals surface area (Å²) in [6, 6.07) is 0. The van der Waals surface area contributed by atoms with Crippen LogP contribution in [0.25, 0.3) is 11.2 Å². The number of rotatable bonds is 13. The van der Waals surface area contributed by atoms with Crippen molar-refractivity contribution >= 4 is 53.0 Å². The van der Waals surface area contributed by atoms with Crippen LogP contribution in [0.1, 0.15) is 32.9 Å². The first-order valence-corrected chi connectivity index (χ1v) is 17.5. The van der Waals surface area contributed by atoms with Crippen molar-refractivity contribution < 1.29 is 61.9 Å². The number of ether oxygens (including phenoxy) is 5. The number of nitrogens with zero attached hydrogens (tertiary/aromatic N) is 5. The number of fused-ring (bicyclic) bond motifs is 1. The maximum absolute atomic E-state index is 14.2. The predicted molar refractivity (Wildman–Crippen MR) is 160 cm³/mol. The lowest BCUT2D eigenvalue weighted by Crippen LogP contribution is -2.47. The Morgan fingerprint density at radius 2 is 2.00 bits per heavy atom. The van der Waals surface area contributed by atoms with E-state index in [2.05, 4.69) is 15.0 Å². The molecule has 19 nitrogen and oxygen atoms in total. The first-order chi connectivity index (χ1) is 22.4. The molecule has 0 bridgehead atoms.